The van der Waals surface area contributed by atoms with E-state index < -0.39 is 5.97 Å². The van der Waals surface area contributed by atoms with Crippen LogP contribution in [0.1, 0.15) is 35.2 Å². The first-order valence-electron chi connectivity index (χ1n) is 10.1. The van der Waals surface area contributed by atoms with Crippen molar-refractivity contribution in [1.82, 2.24) is 5.32 Å². The summed E-state index contributed by atoms with van der Waals surface area (Å²) in [7, 11) is 0. The number of hydrogen-bond donors (Lipinski definition) is 1. The number of hydrogen-bond acceptors (Lipinski definition) is 3. The van der Waals surface area contributed by atoms with Crippen LogP contribution in [-0.4, -0.2) is 18.5 Å². The largest absolute Gasteiger partial charge is 0.455 e. The molecule has 0 aliphatic rings. The van der Waals surface area contributed by atoms with Gasteiger partial charge in [-0.3, -0.25) is 9.59 Å². The molecule has 0 unspecified atom stereocenters. The van der Waals surface area contributed by atoms with Crippen LogP contribution in [0.15, 0.2) is 72.8 Å². The summed E-state index contributed by atoms with van der Waals surface area (Å²) in [6.07, 6.45) is 0.134. The Morgan fingerprint density at radius 2 is 1.53 bits per heavy atom. The van der Waals surface area contributed by atoms with Crippen molar-refractivity contribution in [3.8, 4) is 11.1 Å². The third kappa shape index (κ3) is 5.80. The maximum absolute atomic E-state index is 12.1. The van der Waals surface area contributed by atoms with E-state index in [2.05, 4.69) is 18.3 Å². The summed E-state index contributed by atoms with van der Waals surface area (Å²) in [6.45, 7) is 5.73. The van der Waals surface area contributed by atoms with Crippen LogP contribution in [0.2, 0.25) is 0 Å². The first kappa shape index (κ1) is 21.3. The zero-order valence-corrected chi connectivity index (χ0v) is 17.6. The summed E-state index contributed by atoms with van der Waals surface area (Å²) < 4.78 is 5.15. The molecule has 30 heavy (non-hydrogen) atoms. The molecule has 0 spiro atoms. The molecule has 4 heteroatoms. The van der Waals surface area contributed by atoms with Gasteiger partial charge >= 0.3 is 5.97 Å². The Labute approximate surface area is 177 Å². The average molecular weight is 402 g/mol. The summed E-state index contributed by atoms with van der Waals surface area (Å²) in [5, 5.41) is 2.87. The lowest BCUT2D eigenvalue weighted by Crippen LogP contribution is -2.31. The van der Waals surface area contributed by atoms with Crippen molar-refractivity contribution >= 4 is 11.9 Å². The van der Waals surface area contributed by atoms with Crippen molar-refractivity contribution in [3.05, 3.63) is 95.1 Å². The number of ether oxygens (including phenoxy) is 1. The molecule has 1 N–H and O–H groups in total. The van der Waals surface area contributed by atoms with Crippen LogP contribution in [0.4, 0.5) is 0 Å². The molecule has 0 saturated heterocycles. The second-order valence-corrected chi connectivity index (χ2v) is 7.53. The van der Waals surface area contributed by atoms with Gasteiger partial charge in [-0.15, -0.1) is 0 Å². The highest BCUT2D eigenvalue weighted by molar-refractivity contribution is 5.81. The van der Waals surface area contributed by atoms with E-state index in [1.807, 2.05) is 80.6 Å². The van der Waals surface area contributed by atoms with E-state index in [9.17, 15) is 9.59 Å². The van der Waals surface area contributed by atoms with Gasteiger partial charge in [-0.2, -0.15) is 0 Å². The third-order valence-electron chi connectivity index (χ3n) is 5.18. The highest BCUT2D eigenvalue weighted by Gasteiger charge is 2.13. The molecule has 3 aromatic carbocycles. The summed E-state index contributed by atoms with van der Waals surface area (Å²) in [4.78, 5) is 24.3. The Morgan fingerprint density at radius 3 is 2.20 bits per heavy atom. The fourth-order valence-corrected chi connectivity index (χ4v) is 3.21. The van der Waals surface area contributed by atoms with E-state index in [0.29, 0.717) is 0 Å². The summed E-state index contributed by atoms with van der Waals surface area (Å²) in [5.41, 5.74) is 6.48. The number of nitrogens with one attached hydrogen (secondary N) is 1. The van der Waals surface area contributed by atoms with E-state index in [1.165, 1.54) is 11.1 Å². The molecule has 0 radical (unpaired) electrons. The summed E-state index contributed by atoms with van der Waals surface area (Å²) >= 11 is 0. The van der Waals surface area contributed by atoms with Crippen LogP contribution in [0.5, 0.6) is 0 Å². The van der Waals surface area contributed by atoms with Gasteiger partial charge < -0.3 is 10.1 Å². The van der Waals surface area contributed by atoms with Gasteiger partial charge in [0.1, 0.15) is 0 Å². The zero-order valence-electron chi connectivity index (χ0n) is 17.6. The first-order chi connectivity index (χ1) is 14.4. The van der Waals surface area contributed by atoms with Crippen LogP contribution in [0.25, 0.3) is 11.1 Å². The molecule has 0 saturated carbocycles. The zero-order chi connectivity index (χ0) is 21.5. The van der Waals surface area contributed by atoms with Gasteiger partial charge in [0.2, 0.25) is 0 Å². The number of benzene rings is 3. The predicted octanol–water partition coefficient (Wildman–Crippen LogP) is 4.93. The van der Waals surface area contributed by atoms with Crippen LogP contribution in [0.3, 0.4) is 0 Å². The third-order valence-corrected chi connectivity index (χ3v) is 5.18. The molecule has 0 aromatic heterocycles. The van der Waals surface area contributed by atoms with E-state index >= 15 is 0 Å². The lowest BCUT2D eigenvalue weighted by atomic mass is 10.0. The Kier molecular flexibility index (Phi) is 7.02. The number of esters is 1. The van der Waals surface area contributed by atoms with E-state index in [4.69, 9.17) is 4.74 Å². The van der Waals surface area contributed by atoms with Crippen molar-refractivity contribution in [2.45, 2.75) is 33.2 Å². The SMILES string of the molecule is Cc1ccc([C@@H](C)NC(=O)COC(=O)Cc2ccc(-c3ccccc3)cc2)cc1C. The van der Waals surface area contributed by atoms with Crippen molar-refractivity contribution in [2.24, 2.45) is 0 Å². The predicted molar refractivity (Wildman–Crippen MR) is 119 cm³/mol. The molecule has 1 atom stereocenters. The van der Waals surface area contributed by atoms with E-state index in [1.54, 1.807) is 0 Å². The topological polar surface area (TPSA) is 55.4 Å². The Bertz CT molecular complexity index is 1010. The molecule has 4 nitrogen and oxygen atoms in total. The second kappa shape index (κ2) is 9.88. The molecule has 0 aliphatic carbocycles. The number of carbonyl (C=O) groups excluding carboxylic acids is 2. The van der Waals surface area contributed by atoms with Crippen molar-refractivity contribution in [3.63, 3.8) is 0 Å². The highest BCUT2D eigenvalue weighted by atomic mass is 16.5. The minimum atomic E-state index is -0.420. The molecule has 0 heterocycles. The second-order valence-electron chi connectivity index (χ2n) is 7.53. The minimum absolute atomic E-state index is 0.134. The van der Waals surface area contributed by atoms with Gasteiger partial charge in [0, 0.05) is 0 Å². The van der Waals surface area contributed by atoms with Gasteiger partial charge in [-0.25, -0.2) is 0 Å². The first-order valence-corrected chi connectivity index (χ1v) is 10.1. The van der Waals surface area contributed by atoms with Crippen LogP contribution in [-0.2, 0) is 20.7 Å². The molecule has 154 valence electrons. The molecule has 1 amide bonds. The standard InChI is InChI=1S/C26H27NO3/c1-18-9-12-24(15-19(18)2)20(3)27-25(28)17-30-26(29)16-21-10-13-23(14-11-21)22-7-5-4-6-8-22/h4-15,20H,16-17H2,1-3H3,(H,27,28)/t20-/m1/s1. The molecule has 0 fully saturated rings. The maximum Gasteiger partial charge on any atom is 0.310 e. The Balaban J connectivity index is 1.47. The number of rotatable bonds is 7. The highest BCUT2D eigenvalue weighted by Crippen LogP contribution is 2.19. The fraction of sp³-hybridized carbons (Fsp3) is 0.231. The smallest absolute Gasteiger partial charge is 0.310 e. The lowest BCUT2D eigenvalue weighted by molar-refractivity contribution is -0.148. The fourth-order valence-electron chi connectivity index (χ4n) is 3.21. The van der Waals surface area contributed by atoms with Crippen molar-refractivity contribution in [1.29, 1.82) is 0 Å². The van der Waals surface area contributed by atoms with Gasteiger partial charge in [-0.05, 0) is 54.2 Å². The van der Waals surface area contributed by atoms with Gasteiger partial charge in [0.05, 0.1) is 12.5 Å². The molecule has 3 aromatic rings. The number of aryl methyl sites for hydroxylation is 2. The van der Waals surface area contributed by atoms with Crippen LogP contribution >= 0.6 is 0 Å². The van der Waals surface area contributed by atoms with Crippen LogP contribution < -0.4 is 5.32 Å². The minimum Gasteiger partial charge on any atom is -0.455 e. The molecule has 3 rings (SSSR count). The number of carbonyl (C=O) groups is 2. The molecule has 0 aliphatic heterocycles. The Hall–Kier alpha value is -3.40. The summed E-state index contributed by atoms with van der Waals surface area (Å²) in [6, 6.07) is 23.8. The van der Waals surface area contributed by atoms with Gasteiger partial charge in [-0.1, -0.05) is 72.8 Å². The quantitative estimate of drug-likeness (QED) is 0.571. The van der Waals surface area contributed by atoms with Gasteiger partial charge in [0.15, 0.2) is 6.61 Å². The van der Waals surface area contributed by atoms with Crippen LogP contribution in [0, 0.1) is 13.8 Å². The average Bonchev–Trinajstić information content (AvgIpc) is 2.75. The normalized spacial score (nSPS) is 11.6. The van der Waals surface area contributed by atoms with E-state index in [-0.39, 0.29) is 25.0 Å². The number of amides is 1. The van der Waals surface area contributed by atoms with Gasteiger partial charge in [0.25, 0.3) is 5.91 Å². The lowest BCUT2D eigenvalue weighted by Gasteiger charge is -2.16. The monoisotopic (exact) mass is 401 g/mol. The van der Waals surface area contributed by atoms with Crippen molar-refractivity contribution in [2.75, 3.05) is 6.61 Å². The molecular weight excluding hydrogens is 374 g/mol. The molecular formula is C26H27NO3. The maximum atomic E-state index is 12.1. The Morgan fingerprint density at radius 1 is 0.867 bits per heavy atom. The van der Waals surface area contributed by atoms with Crippen molar-refractivity contribution < 1.29 is 14.3 Å². The summed E-state index contributed by atoms with van der Waals surface area (Å²) in [5.74, 6) is -0.732. The molecule has 0 bridgehead atoms. The van der Waals surface area contributed by atoms with E-state index in [0.717, 1.165) is 22.3 Å².